The van der Waals surface area contributed by atoms with Crippen molar-refractivity contribution in [2.75, 3.05) is 0 Å². The van der Waals surface area contributed by atoms with Crippen molar-refractivity contribution < 1.29 is 4.79 Å². The zero-order valence-corrected chi connectivity index (χ0v) is 10.6. The maximum Gasteiger partial charge on any atom is 0.134 e. The Kier molecular flexibility index (Phi) is 4.78. The van der Waals surface area contributed by atoms with Crippen molar-refractivity contribution in [1.82, 2.24) is 4.90 Å². The molecule has 0 heterocycles. The third kappa shape index (κ3) is 3.60. The summed E-state index contributed by atoms with van der Waals surface area (Å²) in [6.07, 6.45) is 5.09. The first-order valence-corrected chi connectivity index (χ1v) is 6.31. The van der Waals surface area contributed by atoms with Crippen molar-refractivity contribution in [3.05, 3.63) is 0 Å². The Balaban J connectivity index is 2.68. The number of carbonyl (C=O) groups is 1. The fraction of sp³-hybridized carbons (Fsp3) is 0.923. The molecule has 15 heavy (non-hydrogen) atoms. The molecular weight excluding hydrogens is 186 g/mol. The Morgan fingerprint density at radius 3 is 2.27 bits per heavy atom. The summed E-state index contributed by atoms with van der Waals surface area (Å²) in [5, 5.41) is 0. The minimum Gasteiger partial charge on any atom is -0.300 e. The number of hydrogen-bond donors (Lipinski definition) is 0. The largest absolute Gasteiger partial charge is 0.300 e. The van der Waals surface area contributed by atoms with E-state index in [1.54, 1.807) is 0 Å². The van der Waals surface area contributed by atoms with Gasteiger partial charge in [-0.25, -0.2) is 0 Å². The lowest BCUT2D eigenvalue weighted by molar-refractivity contribution is -0.120. The summed E-state index contributed by atoms with van der Waals surface area (Å²) in [6, 6.07) is 1.57. The van der Waals surface area contributed by atoms with Crippen LogP contribution in [-0.2, 0) is 4.79 Å². The third-order valence-electron chi connectivity index (χ3n) is 3.32. The standard InChI is InChI=1S/C13H25NO/c1-10(2)14(11(3)4)12-7-5-6-8-13(15)9-12/h10-12H,5-9H2,1-4H3. The maximum absolute atomic E-state index is 11.6. The smallest absolute Gasteiger partial charge is 0.134 e. The van der Waals surface area contributed by atoms with Gasteiger partial charge in [0.25, 0.3) is 0 Å². The predicted molar refractivity (Wildman–Crippen MR) is 64.0 cm³/mol. The van der Waals surface area contributed by atoms with Crippen LogP contribution in [0.2, 0.25) is 0 Å². The molecule has 0 N–H and O–H groups in total. The van der Waals surface area contributed by atoms with Crippen molar-refractivity contribution in [3.63, 3.8) is 0 Å². The SMILES string of the molecule is CC(C)N(C(C)C)C1CCCCC(=O)C1. The molecule has 88 valence electrons. The van der Waals surface area contributed by atoms with Gasteiger partial charge in [-0.1, -0.05) is 6.42 Å². The molecule has 0 saturated heterocycles. The van der Waals surface area contributed by atoms with Gasteiger partial charge >= 0.3 is 0 Å². The first-order chi connectivity index (χ1) is 7.02. The second-order valence-electron chi connectivity index (χ2n) is 5.28. The Morgan fingerprint density at radius 1 is 1.13 bits per heavy atom. The van der Waals surface area contributed by atoms with E-state index in [0.717, 1.165) is 19.3 Å². The number of rotatable bonds is 3. The summed E-state index contributed by atoms with van der Waals surface area (Å²) in [6.45, 7) is 8.93. The van der Waals surface area contributed by atoms with Crippen molar-refractivity contribution in [1.29, 1.82) is 0 Å². The van der Waals surface area contributed by atoms with Crippen LogP contribution in [0.3, 0.4) is 0 Å². The van der Waals surface area contributed by atoms with E-state index in [4.69, 9.17) is 0 Å². The molecule has 0 radical (unpaired) electrons. The molecule has 0 amide bonds. The first-order valence-electron chi connectivity index (χ1n) is 6.31. The van der Waals surface area contributed by atoms with Gasteiger partial charge in [-0.05, 0) is 40.5 Å². The molecule has 1 rings (SSSR count). The molecule has 0 aromatic rings. The summed E-state index contributed by atoms with van der Waals surface area (Å²) in [7, 11) is 0. The second kappa shape index (κ2) is 5.64. The van der Waals surface area contributed by atoms with Crippen LogP contribution in [0.4, 0.5) is 0 Å². The van der Waals surface area contributed by atoms with Gasteiger partial charge in [-0.15, -0.1) is 0 Å². The Labute approximate surface area is 94.0 Å². The quantitative estimate of drug-likeness (QED) is 0.669. The van der Waals surface area contributed by atoms with Crippen LogP contribution in [0, 0.1) is 0 Å². The number of nitrogens with zero attached hydrogens (tertiary/aromatic N) is 1. The lowest BCUT2D eigenvalue weighted by Crippen LogP contribution is -2.45. The van der Waals surface area contributed by atoms with Crippen molar-refractivity contribution >= 4 is 5.78 Å². The first kappa shape index (κ1) is 12.7. The van der Waals surface area contributed by atoms with Gasteiger partial charge in [0.15, 0.2) is 0 Å². The van der Waals surface area contributed by atoms with E-state index in [-0.39, 0.29) is 0 Å². The molecule has 1 saturated carbocycles. The van der Waals surface area contributed by atoms with Crippen LogP contribution >= 0.6 is 0 Å². The number of hydrogen-bond acceptors (Lipinski definition) is 2. The molecular formula is C13H25NO. The molecule has 1 fully saturated rings. The number of carbonyl (C=O) groups excluding carboxylic acids is 1. The summed E-state index contributed by atoms with van der Waals surface area (Å²) in [5.74, 6) is 0.462. The normalized spacial score (nSPS) is 23.9. The zero-order valence-electron chi connectivity index (χ0n) is 10.6. The fourth-order valence-corrected chi connectivity index (χ4v) is 2.86. The van der Waals surface area contributed by atoms with Crippen LogP contribution in [0.1, 0.15) is 59.8 Å². The van der Waals surface area contributed by atoms with Crippen LogP contribution in [0.25, 0.3) is 0 Å². The van der Waals surface area contributed by atoms with Crippen LogP contribution in [-0.4, -0.2) is 28.8 Å². The zero-order chi connectivity index (χ0) is 11.4. The van der Waals surface area contributed by atoms with Gasteiger partial charge in [0.1, 0.15) is 5.78 Å². The van der Waals surface area contributed by atoms with Crippen LogP contribution in [0.15, 0.2) is 0 Å². The van der Waals surface area contributed by atoms with E-state index in [1.165, 1.54) is 12.8 Å². The van der Waals surface area contributed by atoms with E-state index in [2.05, 4.69) is 32.6 Å². The summed E-state index contributed by atoms with van der Waals surface area (Å²) in [4.78, 5) is 14.1. The average molecular weight is 211 g/mol. The van der Waals surface area contributed by atoms with E-state index in [1.807, 2.05) is 0 Å². The van der Waals surface area contributed by atoms with Gasteiger partial charge in [-0.3, -0.25) is 9.69 Å². The molecule has 0 spiro atoms. The molecule has 1 unspecified atom stereocenters. The minimum absolute atomic E-state index is 0.462. The molecule has 0 aliphatic heterocycles. The van der Waals surface area contributed by atoms with Crippen LogP contribution in [0.5, 0.6) is 0 Å². The summed E-state index contributed by atoms with van der Waals surface area (Å²) < 4.78 is 0. The Bertz CT molecular complexity index is 203. The molecule has 0 bridgehead atoms. The van der Waals surface area contributed by atoms with Crippen molar-refractivity contribution in [2.45, 2.75) is 77.9 Å². The van der Waals surface area contributed by atoms with Crippen molar-refractivity contribution in [2.24, 2.45) is 0 Å². The highest BCUT2D eigenvalue weighted by molar-refractivity contribution is 5.79. The maximum atomic E-state index is 11.6. The fourth-order valence-electron chi connectivity index (χ4n) is 2.86. The lowest BCUT2D eigenvalue weighted by atomic mass is 10.0. The van der Waals surface area contributed by atoms with Crippen molar-refractivity contribution in [3.8, 4) is 0 Å². The highest BCUT2D eigenvalue weighted by atomic mass is 16.1. The molecule has 1 atom stereocenters. The predicted octanol–water partition coefficient (Wildman–Crippen LogP) is 3.01. The molecule has 1 aliphatic rings. The molecule has 2 heteroatoms. The highest BCUT2D eigenvalue weighted by Gasteiger charge is 2.27. The lowest BCUT2D eigenvalue weighted by Gasteiger charge is -2.37. The van der Waals surface area contributed by atoms with Gasteiger partial charge in [0, 0.05) is 31.0 Å². The third-order valence-corrected chi connectivity index (χ3v) is 3.32. The van der Waals surface area contributed by atoms with E-state index in [9.17, 15) is 4.79 Å². The summed E-state index contributed by atoms with van der Waals surface area (Å²) >= 11 is 0. The number of Topliss-reactive ketones (excluding diaryl/α,β-unsaturated/α-hetero) is 1. The van der Waals surface area contributed by atoms with Gasteiger partial charge < -0.3 is 0 Å². The van der Waals surface area contributed by atoms with E-state index < -0.39 is 0 Å². The molecule has 0 aromatic carbocycles. The van der Waals surface area contributed by atoms with Gasteiger partial charge in [0.2, 0.25) is 0 Å². The average Bonchev–Trinajstić information content (AvgIpc) is 2.28. The van der Waals surface area contributed by atoms with E-state index in [0.29, 0.717) is 23.9 Å². The molecule has 1 aliphatic carbocycles. The monoisotopic (exact) mass is 211 g/mol. The summed E-state index contributed by atoms with van der Waals surface area (Å²) in [5.41, 5.74) is 0. The van der Waals surface area contributed by atoms with Gasteiger partial charge in [0.05, 0.1) is 0 Å². The Hall–Kier alpha value is -0.370. The molecule has 2 nitrogen and oxygen atoms in total. The van der Waals surface area contributed by atoms with E-state index >= 15 is 0 Å². The highest BCUT2D eigenvalue weighted by Crippen LogP contribution is 2.23. The molecule has 0 aromatic heterocycles. The Morgan fingerprint density at radius 2 is 1.73 bits per heavy atom. The topological polar surface area (TPSA) is 20.3 Å². The van der Waals surface area contributed by atoms with Crippen LogP contribution < -0.4 is 0 Å². The van der Waals surface area contributed by atoms with Gasteiger partial charge in [-0.2, -0.15) is 0 Å². The number of ketones is 1. The second-order valence-corrected chi connectivity index (χ2v) is 5.28. The minimum atomic E-state index is 0.462.